The number of hydrogen-bond acceptors (Lipinski definition) is 2. The molecule has 0 atom stereocenters. The molecule has 0 spiro atoms. The smallest absolute Gasteiger partial charge is 0.313 e. The second-order valence-electron chi connectivity index (χ2n) is 4.31. The maximum Gasteiger partial charge on any atom is 0.313 e. The highest BCUT2D eigenvalue weighted by atomic mass is 16.6. The molecule has 12 heavy (non-hydrogen) atoms. The lowest BCUT2D eigenvalue weighted by molar-refractivity contribution is -0.152. The van der Waals surface area contributed by atoms with Gasteiger partial charge in [-0.25, -0.2) is 0 Å². The minimum absolute atomic E-state index is 0.0833. The minimum atomic E-state index is -0.341. The lowest BCUT2D eigenvalue weighted by atomic mass is 10.1. The van der Waals surface area contributed by atoms with Gasteiger partial charge < -0.3 is 4.74 Å². The molecule has 0 N–H and O–H groups in total. The molecule has 1 radical (unpaired) electrons. The maximum absolute atomic E-state index is 11.4. The third-order valence-corrected chi connectivity index (χ3v) is 1.89. The average molecular weight is 169 g/mol. The second-order valence-corrected chi connectivity index (χ2v) is 4.31. The molecule has 0 aromatic rings. The minimum Gasteiger partial charge on any atom is -0.460 e. The van der Waals surface area contributed by atoms with Crippen molar-refractivity contribution in [3.8, 4) is 0 Å². The zero-order valence-corrected chi connectivity index (χ0v) is 8.14. The van der Waals surface area contributed by atoms with E-state index in [0.29, 0.717) is 0 Å². The van der Waals surface area contributed by atoms with Gasteiger partial charge in [0.2, 0.25) is 0 Å². The Morgan fingerprint density at radius 1 is 1.25 bits per heavy atom. The Labute approximate surface area is 74.3 Å². The summed E-state index contributed by atoms with van der Waals surface area (Å²) in [6.45, 7) is 5.71. The second kappa shape index (κ2) is 3.46. The van der Waals surface area contributed by atoms with E-state index < -0.39 is 0 Å². The molecule has 0 aromatic carbocycles. The standard InChI is InChI=1S/C10H17O2/c1-10(2,3)12-9(11)8-6-4-5-7-8/h4-7H2,1-3H3. The van der Waals surface area contributed by atoms with Crippen molar-refractivity contribution in [3.05, 3.63) is 5.92 Å². The molecule has 0 saturated heterocycles. The predicted molar refractivity (Wildman–Crippen MR) is 47.6 cm³/mol. The van der Waals surface area contributed by atoms with Crippen LogP contribution in [0.5, 0.6) is 0 Å². The fourth-order valence-corrected chi connectivity index (χ4v) is 1.36. The van der Waals surface area contributed by atoms with Gasteiger partial charge >= 0.3 is 5.97 Å². The van der Waals surface area contributed by atoms with Gasteiger partial charge in [0.05, 0.1) is 5.92 Å². The zero-order chi connectivity index (χ0) is 9.19. The van der Waals surface area contributed by atoms with E-state index in [2.05, 4.69) is 0 Å². The highest BCUT2D eigenvalue weighted by Gasteiger charge is 2.28. The van der Waals surface area contributed by atoms with Crippen LogP contribution in [0.4, 0.5) is 0 Å². The molecule has 0 bridgehead atoms. The van der Waals surface area contributed by atoms with Gasteiger partial charge in [0, 0.05) is 0 Å². The van der Waals surface area contributed by atoms with Crippen molar-refractivity contribution in [2.45, 2.75) is 52.1 Å². The predicted octanol–water partition coefficient (Wildman–Crippen LogP) is 2.48. The summed E-state index contributed by atoms with van der Waals surface area (Å²) in [7, 11) is 0. The van der Waals surface area contributed by atoms with Crippen LogP contribution in [0.1, 0.15) is 46.5 Å². The van der Waals surface area contributed by atoms with Crippen molar-refractivity contribution >= 4 is 5.97 Å². The van der Waals surface area contributed by atoms with Crippen molar-refractivity contribution in [1.82, 2.24) is 0 Å². The Hall–Kier alpha value is -0.530. The number of esters is 1. The van der Waals surface area contributed by atoms with Gasteiger partial charge in [0.25, 0.3) is 0 Å². The maximum atomic E-state index is 11.4. The van der Waals surface area contributed by atoms with Crippen molar-refractivity contribution in [1.29, 1.82) is 0 Å². The van der Waals surface area contributed by atoms with E-state index in [4.69, 9.17) is 4.74 Å². The molecular weight excluding hydrogens is 152 g/mol. The molecular formula is C10H17O2. The van der Waals surface area contributed by atoms with Crippen molar-refractivity contribution in [2.24, 2.45) is 0 Å². The summed E-state index contributed by atoms with van der Waals surface area (Å²) >= 11 is 0. The largest absolute Gasteiger partial charge is 0.460 e. The van der Waals surface area contributed by atoms with Crippen molar-refractivity contribution < 1.29 is 9.53 Å². The first-order valence-corrected chi connectivity index (χ1v) is 4.57. The lowest BCUT2D eigenvalue weighted by Gasteiger charge is -2.21. The Morgan fingerprint density at radius 3 is 2.17 bits per heavy atom. The average Bonchev–Trinajstić information content (AvgIpc) is 2.32. The molecule has 1 aliphatic rings. The first kappa shape index (κ1) is 9.56. The molecule has 1 saturated carbocycles. The van der Waals surface area contributed by atoms with Gasteiger partial charge in [0.1, 0.15) is 5.60 Å². The summed E-state index contributed by atoms with van der Waals surface area (Å²) in [5.74, 6) is 0.893. The molecule has 0 unspecified atom stereocenters. The monoisotopic (exact) mass is 169 g/mol. The summed E-state index contributed by atoms with van der Waals surface area (Å²) in [6, 6.07) is 0. The number of rotatable bonds is 1. The van der Waals surface area contributed by atoms with E-state index in [1.165, 1.54) is 0 Å². The third kappa shape index (κ3) is 2.84. The van der Waals surface area contributed by atoms with Crippen LogP contribution in [0.15, 0.2) is 0 Å². The zero-order valence-electron chi connectivity index (χ0n) is 8.14. The van der Waals surface area contributed by atoms with Crippen LogP contribution in [-0.2, 0) is 9.53 Å². The third-order valence-electron chi connectivity index (χ3n) is 1.89. The lowest BCUT2D eigenvalue weighted by Crippen LogP contribution is -2.26. The normalized spacial score (nSPS) is 19.6. The number of carbonyl (C=O) groups excluding carboxylic acids is 1. The SMILES string of the molecule is CC(C)(C)OC(=O)[C]1CCCC1. The van der Waals surface area contributed by atoms with Gasteiger partial charge in [-0.1, -0.05) is 12.8 Å². The van der Waals surface area contributed by atoms with Gasteiger partial charge in [-0.15, -0.1) is 0 Å². The van der Waals surface area contributed by atoms with Crippen molar-refractivity contribution in [2.75, 3.05) is 0 Å². The van der Waals surface area contributed by atoms with Gasteiger partial charge in [-0.05, 0) is 33.6 Å². The van der Waals surface area contributed by atoms with E-state index in [0.717, 1.165) is 31.6 Å². The van der Waals surface area contributed by atoms with Crippen LogP contribution < -0.4 is 0 Å². The fraction of sp³-hybridized carbons (Fsp3) is 0.800. The van der Waals surface area contributed by atoms with Crippen LogP contribution in [-0.4, -0.2) is 11.6 Å². The first-order chi connectivity index (χ1) is 5.49. The van der Waals surface area contributed by atoms with E-state index in [1.54, 1.807) is 0 Å². The van der Waals surface area contributed by atoms with Gasteiger partial charge in [0.15, 0.2) is 0 Å². The van der Waals surface area contributed by atoms with Crippen LogP contribution >= 0.6 is 0 Å². The quantitative estimate of drug-likeness (QED) is 0.564. The van der Waals surface area contributed by atoms with Gasteiger partial charge in [-0.2, -0.15) is 0 Å². The Bertz CT molecular complexity index is 161. The first-order valence-electron chi connectivity index (χ1n) is 4.57. The molecule has 0 amide bonds. The number of ether oxygens (including phenoxy) is 1. The van der Waals surface area contributed by atoms with E-state index in [9.17, 15) is 4.79 Å². The van der Waals surface area contributed by atoms with Crippen molar-refractivity contribution in [3.63, 3.8) is 0 Å². The van der Waals surface area contributed by atoms with E-state index in [1.807, 2.05) is 20.8 Å². The Kier molecular flexibility index (Phi) is 2.76. The van der Waals surface area contributed by atoms with Gasteiger partial charge in [-0.3, -0.25) is 4.79 Å². The van der Waals surface area contributed by atoms with E-state index >= 15 is 0 Å². The molecule has 0 aromatic heterocycles. The van der Waals surface area contributed by atoms with E-state index in [-0.39, 0.29) is 11.6 Å². The molecule has 2 heteroatoms. The summed E-state index contributed by atoms with van der Waals surface area (Å²) in [5, 5.41) is 0. The molecule has 0 heterocycles. The molecule has 1 fully saturated rings. The number of carbonyl (C=O) groups is 1. The Morgan fingerprint density at radius 2 is 1.75 bits per heavy atom. The highest BCUT2D eigenvalue weighted by molar-refractivity contribution is 5.85. The number of hydrogen-bond donors (Lipinski definition) is 0. The summed E-state index contributed by atoms with van der Waals surface area (Å²) in [5.41, 5.74) is -0.341. The van der Waals surface area contributed by atoms with Crippen LogP contribution in [0.2, 0.25) is 0 Å². The summed E-state index contributed by atoms with van der Waals surface area (Å²) in [6.07, 6.45) is 4.17. The highest BCUT2D eigenvalue weighted by Crippen LogP contribution is 2.29. The molecule has 0 aliphatic heterocycles. The van der Waals surface area contributed by atoms with Crippen LogP contribution in [0.25, 0.3) is 0 Å². The molecule has 1 aliphatic carbocycles. The topological polar surface area (TPSA) is 26.3 Å². The van der Waals surface area contributed by atoms with Crippen LogP contribution in [0, 0.1) is 5.92 Å². The van der Waals surface area contributed by atoms with Crippen LogP contribution in [0.3, 0.4) is 0 Å². The molecule has 69 valence electrons. The Balaban J connectivity index is 2.37. The summed E-state index contributed by atoms with van der Waals surface area (Å²) < 4.78 is 5.25. The fourth-order valence-electron chi connectivity index (χ4n) is 1.36. The molecule has 1 rings (SSSR count). The molecule has 2 nitrogen and oxygen atoms in total. The summed E-state index contributed by atoms with van der Waals surface area (Å²) in [4.78, 5) is 11.4.